The Morgan fingerprint density at radius 3 is 2.69 bits per heavy atom. The first kappa shape index (κ1) is 12.6. The number of ether oxygens (including phenoxy) is 1. The Morgan fingerprint density at radius 2 is 2.12 bits per heavy atom. The van der Waals surface area contributed by atoms with Crippen LogP contribution in [0.1, 0.15) is 32.9 Å². The van der Waals surface area contributed by atoms with E-state index < -0.39 is 0 Å². The van der Waals surface area contributed by atoms with Crippen LogP contribution in [0.3, 0.4) is 0 Å². The largest absolute Gasteiger partial charge is 0.501 e. The van der Waals surface area contributed by atoms with Gasteiger partial charge in [0, 0.05) is 11.0 Å². The van der Waals surface area contributed by atoms with Crippen molar-refractivity contribution in [2.45, 2.75) is 34.1 Å². The average Bonchev–Trinajstić information content (AvgIpc) is 2.66. The fourth-order valence-corrected chi connectivity index (χ4v) is 1.55. The summed E-state index contributed by atoms with van der Waals surface area (Å²) in [5, 5.41) is 2.47. The van der Waals surface area contributed by atoms with Crippen molar-refractivity contribution in [3.63, 3.8) is 0 Å². The van der Waals surface area contributed by atoms with Gasteiger partial charge in [0.1, 0.15) is 0 Å². The van der Waals surface area contributed by atoms with Gasteiger partial charge in [0.2, 0.25) is 0 Å². The normalized spacial score (nSPS) is 15.3. The van der Waals surface area contributed by atoms with Gasteiger partial charge < -0.3 is 9.72 Å². The van der Waals surface area contributed by atoms with Crippen LogP contribution in [-0.4, -0.2) is 12.1 Å². The third-order valence-electron chi connectivity index (χ3n) is 2.78. The molecule has 1 aromatic rings. The van der Waals surface area contributed by atoms with Crippen molar-refractivity contribution < 1.29 is 4.74 Å². The van der Waals surface area contributed by atoms with E-state index in [2.05, 4.69) is 37.9 Å². The molecule has 0 aromatic carbocycles. The SMILES string of the molecule is CC/C(C)=c1/cc(C)[nH]/c1=C/C=C(\C)OC. The van der Waals surface area contributed by atoms with Crippen LogP contribution < -0.4 is 10.6 Å². The summed E-state index contributed by atoms with van der Waals surface area (Å²) in [5.41, 5.74) is 2.59. The van der Waals surface area contributed by atoms with Crippen LogP contribution in [-0.2, 0) is 4.74 Å². The molecule has 0 radical (unpaired) electrons. The summed E-state index contributed by atoms with van der Waals surface area (Å²) >= 11 is 0. The molecule has 0 saturated heterocycles. The molecule has 1 rings (SSSR count). The van der Waals surface area contributed by atoms with Gasteiger partial charge in [0.15, 0.2) is 0 Å². The van der Waals surface area contributed by atoms with E-state index in [9.17, 15) is 0 Å². The third kappa shape index (κ3) is 3.02. The van der Waals surface area contributed by atoms with Gasteiger partial charge in [-0.3, -0.25) is 0 Å². The number of aryl methyl sites for hydroxylation is 1. The summed E-state index contributed by atoms with van der Waals surface area (Å²) in [6.07, 6.45) is 5.13. The molecule has 0 atom stereocenters. The first-order chi connectivity index (χ1) is 7.58. The molecule has 2 heteroatoms. The van der Waals surface area contributed by atoms with E-state index in [-0.39, 0.29) is 0 Å². The lowest BCUT2D eigenvalue weighted by atomic mass is 10.2. The number of aromatic amines is 1. The highest BCUT2D eigenvalue weighted by atomic mass is 16.5. The molecule has 88 valence electrons. The van der Waals surface area contributed by atoms with Gasteiger partial charge in [-0.05, 0) is 50.6 Å². The van der Waals surface area contributed by atoms with Crippen molar-refractivity contribution >= 4 is 11.6 Å². The fourth-order valence-electron chi connectivity index (χ4n) is 1.55. The molecule has 16 heavy (non-hydrogen) atoms. The van der Waals surface area contributed by atoms with Crippen LogP contribution in [0.15, 0.2) is 17.9 Å². The maximum atomic E-state index is 5.11. The van der Waals surface area contributed by atoms with E-state index in [4.69, 9.17) is 4.74 Å². The Morgan fingerprint density at radius 1 is 1.44 bits per heavy atom. The lowest BCUT2D eigenvalue weighted by Crippen LogP contribution is -2.23. The Balaban J connectivity index is 3.35. The lowest BCUT2D eigenvalue weighted by molar-refractivity contribution is 0.294. The molecule has 0 fully saturated rings. The molecule has 0 aliphatic rings. The van der Waals surface area contributed by atoms with E-state index in [1.54, 1.807) is 7.11 Å². The Hall–Kier alpha value is -1.44. The van der Waals surface area contributed by atoms with Crippen LogP contribution >= 0.6 is 0 Å². The van der Waals surface area contributed by atoms with Gasteiger partial charge in [-0.2, -0.15) is 0 Å². The first-order valence-electron chi connectivity index (χ1n) is 5.66. The van der Waals surface area contributed by atoms with Gasteiger partial charge in [-0.15, -0.1) is 0 Å². The van der Waals surface area contributed by atoms with Gasteiger partial charge in [-0.25, -0.2) is 0 Å². The predicted octanol–water partition coefficient (Wildman–Crippen LogP) is 2.23. The quantitative estimate of drug-likeness (QED) is 0.775. The number of hydrogen-bond donors (Lipinski definition) is 1. The maximum absolute atomic E-state index is 5.11. The molecule has 0 saturated carbocycles. The monoisotopic (exact) mass is 219 g/mol. The molecule has 1 N–H and O–H groups in total. The van der Waals surface area contributed by atoms with E-state index in [1.165, 1.54) is 16.5 Å². The van der Waals surface area contributed by atoms with E-state index in [0.717, 1.165) is 17.5 Å². The van der Waals surface area contributed by atoms with Crippen molar-refractivity contribution in [2.24, 2.45) is 0 Å². The van der Waals surface area contributed by atoms with Crippen molar-refractivity contribution in [2.75, 3.05) is 7.11 Å². The molecule has 0 unspecified atom stereocenters. The van der Waals surface area contributed by atoms with Crippen LogP contribution in [0.25, 0.3) is 11.6 Å². The molecule has 1 aromatic heterocycles. The summed E-state index contributed by atoms with van der Waals surface area (Å²) < 4.78 is 5.11. The predicted molar refractivity (Wildman–Crippen MR) is 69.4 cm³/mol. The Labute approximate surface area is 97.3 Å². The zero-order valence-corrected chi connectivity index (χ0v) is 10.8. The molecule has 0 bridgehead atoms. The van der Waals surface area contributed by atoms with Gasteiger partial charge in [-0.1, -0.05) is 12.5 Å². The van der Waals surface area contributed by atoms with Gasteiger partial charge >= 0.3 is 0 Å². The molecule has 0 aliphatic heterocycles. The van der Waals surface area contributed by atoms with E-state index >= 15 is 0 Å². The summed E-state index contributed by atoms with van der Waals surface area (Å²) in [5.74, 6) is 0.910. The van der Waals surface area contributed by atoms with Crippen LogP contribution in [0.2, 0.25) is 0 Å². The smallest absolute Gasteiger partial charge is 0.0925 e. The minimum Gasteiger partial charge on any atom is -0.501 e. The second kappa shape index (κ2) is 5.59. The second-order valence-corrected chi connectivity index (χ2v) is 4.06. The second-order valence-electron chi connectivity index (χ2n) is 4.06. The summed E-state index contributed by atoms with van der Waals surface area (Å²) in [6.45, 7) is 8.38. The fraction of sp³-hybridized carbons (Fsp3) is 0.429. The molecule has 0 aliphatic carbocycles. The first-order valence-corrected chi connectivity index (χ1v) is 5.66. The van der Waals surface area contributed by atoms with Crippen molar-refractivity contribution in [1.29, 1.82) is 0 Å². The Bertz CT molecular complexity index is 491. The van der Waals surface area contributed by atoms with Crippen LogP contribution in [0, 0.1) is 6.92 Å². The van der Waals surface area contributed by atoms with Gasteiger partial charge in [0.25, 0.3) is 0 Å². The zero-order chi connectivity index (χ0) is 12.1. The summed E-state index contributed by atoms with van der Waals surface area (Å²) in [6, 6.07) is 2.20. The standard InChI is InChI=1S/C14H21NO/c1-6-10(2)13-9-11(3)15-14(13)8-7-12(4)16-5/h7-9,15H,6H2,1-5H3/b12-7+,13-10-,14-8+. The molecule has 0 amide bonds. The van der Waals surface area contributed by atoms with Crippen LogP contribution in [0.5, 0.6) is 0 Å². The van der Waals surface area contributed by atoms with Crippen molar-refractivity contribution in [3.8, 4) is 0 Å². The van der Waals surface area contributed by atoms with E-state index in [0.29, 0.717) is 0 Å². The minimum absolute atomic E-state index is 0.910. The topological polar surface area (TPSA) is 25.0 Å². The third-order valence-corrected chi connectivity index (χ3v) is 2.78. The lowest BCUT2D eigenvalue weighted by Gasteiger charge is -1.94. The molecule has 2 nitrogen and oxygen atoms in total. The number of aromatic nitrogens is 1. The number of allylic oxidation sites excluding steroid dienone is 2. The highest BCUT2D eigenvalue weighted by Crippen LogP contribution is 1.96. The number of nitrogens with one attached hydrogen (secondary N) is 1. The Kier molecular flexibility index (Phi) is 4.41. The number of H-pyrrole nitrogens is 1. The maximum Gasteiger partial charge on any atom is 0.0925 e. The molecule has 0 spiro atoms. The number of rotatable bonds is 3. The van der Waals surface area contributed by atoms with Crippen molar-refractivity contribution in [3.05, 3.63) is 34.2 Å². The number of methoxy groups -OCH3 is 1. The highest BCUT2D eigenvalue weighted by molar-refractivity contribution is 5.46. The van der Waals surface area contributed by atoms with Crippen molar-refractivity contribution in [1.82, 2.24) is 4.98 Å². The summed E-state index contributed by atoms with van der Waals surface area (Å²) in [7, 11) is 1.68. The molecular weight excluding hydrogens is 198 g/mol. The minimum atomic E-state index is 0.910. The number of hydrogen-bond acceptors (Lipinski definition) is 1. The summed E-state index contributed by atoms with van der Waals surface area (Å²) in [4.78, 5) is 3.36. The van der Waals surface area contributed by atoms with Crippen LogP contribution in [0.4, 0.5) is 0 Å². The molecular formula is C14H21NO. The highest BCUT2D eigenvalue weighted by Gasteiger charge is 1.94. The molecule has 1 heterocycles. The van der Waals surface area contributed by atoms with Gasteiger partial charge in [0.05, 0.1) is 12.9 Å². The average molecular weight is 219 g/mol. The zero-order valence-electron chi connectivity index (χ0n) is 10.8. The van der Waals surface area contributed by atoms with E-state index in [1.807, 2.05) is 13.0 Å².